The minimum Gasteiger partial charge on any atom is -0.256 e. The summed E-state index contributed by atoms with van der Waals surface area (Å²) in [6.07, 6.45) is 5.75. The highest BCUT2D eigenvalue weighted by Gasteiger charge is 2.07. The third-order valence-electron chi connectivity index (χ3n) is 3.46. The molecule has 0 atom stereocenters. The molecule has 0 amide bonds. The van der Waals surface area contributed by atoms with E-state index in [1.165, 1.54) is 0 Å². The Morgan fingerprint density at radius 1 is 1.19 bits per heavy atom. The molecule has 0 bridgehead atoms. The standard InChI is InChI=1S/C19H22FN/c1-4-5-6-15-7-9-17(18(20)12-15)19-10-8-16(13-21-19)11-14(2)3/h7-10,12-13H,2,4-6,11H2,1,3H3. The highest BCUT2D eigenvalue weighted by Crippen LogP contribution is 2.23. The molecule has 0 saturated carbocycles. The highest BCUT2D eigenvalue weighted by atomic mass is 19.1. The van der Waals surface area contributed by atoms with Crippen molar-refractivity contribution in [2.45, 2.75) is 39.5 Å². The molecule has 21 heavy (non-hydrogen) atoms. The van der Waals surface area contributed by atoms with Gasteiger partial charge in [-0.25, -0.2) is 4.39 Å². The lowest BCUT2D eigenvalue weighted by Crippen LogP contribution is -1.93. The van der Waals surface area contributed by atoms with E-state index in [2.05, 4.69) is 18.5 Å². The molecule has 2 rings (SSSR count). The van der Waals surface area contributed by atoms with Gasteiger partial charge in [-0.2, -0.15) is 0 Å². The van der Waals surface area contributed by atoms with Crippen LogP contribution < -0.4 is 0 Å². The number of pyridine rings is 1. The van der Waals surface area contributed by atoms with Crippen LogP contribution in [0.25, 0.3) is 11.3 Å². The van der Waals surface area contributed by atoms with Crippen LogP contribution in [0.15, 0.2) is 48.7 Å². The Balaban J connectivity index is 2.19. The second-order valence-corrected chi connectivity index (χ2v) is 5.60. The van der Waals surface area contributed by atoms with Crippen molar-refractivity contribution in [3.05, 3.63) is 65.6 Å². The van der Waals surface area contributed by atoms with Gasteiger partial charge in [-0.3, -0.25) is 4.98 Å². The van der Waals surface area contributed by atoms with Crippen LogP contribution in [0.3, 0.4) is 0 Å². The van der Waals surface area contributed by atoms with Gasteiger partial charge in [-0.05, 0) is 55.5 Å². The molecule has 1 nitrogen and oxygen atoms in total. The maximum absolute atomic E-state index is 14.2. The van der Waals surface area contributed by atoms with Crippen LogP contribution in [0.1, 0.15) is 37.8 Å². The molecule has 1 heterocycles. The van der Waals surface area contributed by atoms with E-state index in [9.17, 15) is 4.39 Å². The van der Waals surface area contributed by atoms with Crippen LogP contribution >= 0.6 is 0 Å². The predicted molar refractivity (Wildman–Crippen MR) is 86.8 cm³/mol. The molecule has 0 fully saturated rings. The second kappa shape index (κ2) is 7.16. The van der Waals surface area contributed by atoms with Crippen molar-refractivity contribution >= 4 is 0 Å². The summed E-state index contributed by atoms with van der Waals surface area (Å²) < 4.78 is 14.2. The van der Waals surface area contributed by atoms with Gasteiger partial charge >= 0.3 is 0 Å². The molecule has 2 aromatic rings. The molecule has 0 saturated heterocycles. The summed E-state index contributed by atoms with van der Waals surface area (Å²) >= 11 is 0. The number of allylic oxidation sites excluding steroid dienone is 1. The zero-order valence-electron chi connectivity index (χ0n) is 12.8. The van der Waals surface area contributed by atoms with Crippen LogP contribution in [0.2, 0.25) is 0 Å². The zero-order chi connectivity index (χ0) is 15.2. The molecule has 2 heteroatoms. The summed E-state index contributed by atoms with van der Waals surface area (Å²) in [4.78, 5) is 4.37. The van der Waals surface area contributed by atoms with Gasteiger partial charge in [0.05, 0.1) is 5.69 Å². The SMILES string of the molecule is C=C(C)Cc1ccc(-c2ccc(CCCC)cc2F)nc1. The van der Waals surface area contributed by atoms with Crippen molar-refractivity contribution in [2.75, 3.05) is 0 Å². The van der Waals surface area contributed by atoms with Crippen molar-refractivity contribution in [2.24, 2.45) is 0 Å². The number of unbranched alkanes of at least 4 members (excludes halogenated alkanes) is 1. The number of halogens is 1. The van der Waals surface area contributed by atoms with Gasteiger partial charge in [0.2, 0.25) is 0 Å². The van der Waals surface area contributed by atoms with Crippen LogP contribution in [0.5, 0.6) is 0 Å². The minimum absolute atomic E-state index is 0.191. The molecule has 0 spiro atoms. The number of benzene rings is 1. The Kier molecular flexibility index (Phi) is 5.26. The lowest BCUT2D eigenvalue weighted by molar-refractivity contribution is 0.627. The van der Waals surface area contributed by atoms with Crippen molar-refractivity contribution in [3.63, 3.8) is 0 Å². The maximum Gasteiger partial charge on any atom is 0.132 e. The van der Waals surface area contributed by atoms with Crippen LogP contribution in [0, 0.1) is 5.82 Å². The maximum atomic E-state index is 14.2. The van der Waals surface area contributed by atoms with E-state index in [0.29, 0.717) is 11.3 Å². The predicted octanol–water partition coefficient (Wildman–Crippen LogP) is 5.35. The average Bonchev–Trinajstić information content (AvgIpc) is 2.46. The number of rotatable bonds is 6. The monoisotopic (exact) mass is 283 g/mol. The van der Waals surface area contributed by atoms with Gasteiger partial charge < -0.3 is 0 Å². The molecular weight excluding hydrogens is 261 g/mol. The Labute approximate surface area is 126 Å². The van der Waals surface area contributed by atoms with Crippen molar-refractivity contribution in [1.29, 1.82) is 0 Å². The van der Waals surface area contributed by atoms with Gasteiger partial charge in [0.1, 0.15) is 5.82 Å². The van der Waals surface area contributed by atoms with Crippen LogP contribution in [-0.4, -0.2) is 4.98 Å². The molecule has 1 aromatic carbocycles. The minimum atomic E-state index is -0.191. The lowest BCUT2D eigenvalue weighted by Gasteiger charge is -2.07. The van der Waals surface area contributed by atoms with Gasteiger partial charge in [0.25, 0.3) is 0 Å². The fourth-order valence-electron chi connectivity index (χ4n) is 2.34. The van der Waals surface area contributed by atoms with E-state index in [-0.39, 0.29) is 5.82 Å². The van der Waals surface area contributed by atoms with E-state index < -0.39 is 0 Å². The van der Waals surface area contributed by atoms with Gasteiger partial charge in [0.15, 0.2) is 0 Å². The molecule has 110 valence electrons. The molecule has 0 radical (unpaired) electrons. The van der Waals surface area contributed by atoms with E-state index in [1.807, 2.05) is 31.2 Å². The van der Waals surface area contributed by atoms with E-state index in [1.54, 1.807) is 12.3 Å². The van der Waals surface area contributed by atoms with Crippen molar-refractivity contribution in [3.8, 4) is 11.3 Å². The number of aromatic nitrogens is 1. The molecular formula is C19H22FN. The fraction of sp³-hybridized carbons (Fsp3) is 0.316. The lowest BCUT2D eigenvalue weighted by atomic mass is 10.0. The smallest absolute Gasteiger partial charge is 0.132 e. The molecule has 0 N–H and O–H groups in total. The summed E-state index contributed by atoms with van der Waals surface area (Å²) in [6.45, 7) is 8.02. The molecule has 0 unspecified atom stereocenters. The summed E-state index contributed by atoms with van der Waals surface area (Å²) in [6, 6.07) is 9.33. The van der Waals surface area contributed by atoms with Gasteiger partial charge in [0, 0.05) is 11.8 Å². The van der Waals surface area contributed by atoms with E-state index in [4.69, 9.17) is 0 Å². The third kappa shape index (κ3) is 4.25. The van der Waals surface area contributed by atoms with Crippen LogP contribution in [0.4, 0.5) is 4.39 Å². The number of nitrogens with zero attached hydrogens (tertiary/aromatic N) is 1. The Morgan fingerprint density at radius 3 is 2.52 bits per heavy atom. The second-order valence-electron chi connectivity index (χ2n) is 5.60. The molecule has 0 aliphatic carbocycles. The van der Waals surface area contributed by atoms with Crippen molar-refractivity contribution < 1.29 is 4.39 Å². The largest absolute Gasteiger partial charge is 0.256 e. The molecule has 0 aliphatic rings. The van der Waals surface area contributed by atoms with E-state index in [0.717, 1.165) is 42.4 Å². The quantitative estimate of drug-likeness (QED) is 0.651. The normalized spacial score (nSPS) is 10.6. The summed E-state index contributed by atoms with van der Waals surface area (Å²) in [7, 11) is 0. The Morgan fingerprint density at radius 2 is 1.95 bits per heavy atom. The first-order valence-corrected chi connectivity index (χ1v) is 7.48. The van der Waals surface area contributed by atoms with Gasteiger partial charge in [-0.15, -0.1) is 0 Å². The summed E-state index contributed by atoms with van der Waals surface area (Å²) in [5.41, 5.74) is 4.50. The highest BCUT2D eigenvalue weighted by molar-refractivity contribution is 5.60. The Hall–Kier alpha value is -1.96. The summed E-state index contributed by atoms with van der Waals surface area (Å²) in [5.74, 6) is -0.191. The number of aryl methyl sites for hydroxylation is 1. The van der Waals surface area contributed by atoms with E-state index >= 15 is 0 Å². The number of hydrogen-bond acceptors (Lipinski definition) is 1. The first-order chi connectivity index (χ1) is 10.1. The van der Waals surface area contributed by atoms with Crippen molar-refractivity contribution in [1.82, 2.24) is 4.98 Å². The zero-order valence-corrected chi connectivity index (χ0v) is 12.8. The first kappa shape index (κ1) is 15.4. The average molecular weight is 283 g/mol. The van der Waals surface area contributed by atoms with Gasteiger partial charge in [-0.1, -0.05) is 37.6 Å². The number of hydrogen-bond donors (Lipinski definition) is 0. The Bertz CT molecular complexity index is 614. The first-order valence-electron chi connectivity index (χ1n) is 7.48. The topological polar surface area (TPSA) is 12.9 Å². The summed E-state index contributed by atoms with van der Waals surface area (Å²) in [5, 5.41) is 0. The van der Waals surface area contributed by atoms with Crippen LogP contribution in [-0.2, 0) is 12.8 Å². The fourth-order valence-corrected chi connectivity index (χ4v) is 2.34. The molecule has 0 aliphatic heterocycles. The third-order valence-corrected chi connectivity index (χ3v) is 3.46. The molecule has 1 aromatic heterocycles.